The number of hydrogen-bond donors (Lipinski definition) is 0. The van der Waals surface area contributed by atoms with Gasteiger partial charge in [-0.15, -0.1) is 0 Å². The van der Waals surface area contributed by atoms with Gasteiger partial charge in [0.25, 0.3) is 0 Å². The summed E-state index contributed by atoms with van der Waals surface area (Å²) >= 11 is 0. The lowest BCUT2D eigenvalue weighted by atomic mass is 9.53. The Balaban J connectivity index is 1.67. The second kappa shape index (κ2) is 7.13. The topological polar surface area (TPSA) is 12.5 Å². The molecule has 4 saturated carbocycles. The Morgan fingerprint density at radius 2 is 1.61 bits per heavy atom. The summed E-state index contributed by atoms with van der Waals surface area (Å²) in [6.45, 7) is 6.78. The van der Waals surface area contributed by atoms with Gasteiger partial charge in [0, 0.05) is 24.2 Å². The summed E-state index contributed by atoms with van der Waals surface area (Å²) in [5, 5.41) is 2.49. The number of hydrogen-bond acceptors (Lipinski definition) is 2. The lowest BCUT2D eigenvalue weighted by Crippen LogP contribution is -2.42. The van der Waals surface area contributed by atoms with E-state index in [4.69, 9.17) is 4.74 Å². The zero-order valence-electron chi connectivity index (χ0n) is 17.6. The number of fused-ring (bicyclic) bond motifs is 1. The van der Waals surface area contributed by atoms with Crippen LogP contribution < -0.4 is 4.74 Å². The van der Waals surface area contributed by atoms with Gasteiger partial charge in [-0.05, 0) is 104 Å². The zero-order chi connectivity index (χ0) is 19.3. The Hall–Kier alpha value is -1.96. The van der Waals surface area contributed by atoms with Gasteiger partial charge in [0.1, 0.15) is 5.75 Å². The summed E-state index contributed by atoms with van der Waals surface area (Å²) in [6, 6.07) is 13.4. The van der Waals surface area contributed by atoms with E-state index in [1.54, 1.807) is 18.4 Å². The van der Waals surface area contributed by atoms with Crippen molar-refractivity contribution in [3.63, 3.8) is 0 Å². The molecule has 0 atom stereocenters. The van der Waals surface area contributed by atoms with E-state index in [1.165, 1.54) is 48.4 Å². The molecule has 2 aromatic rings. The van der Waals surface area contributed by atoms with Crippen LogP contribution in [0.25, 0.3) is 16.5 Å². The number of rotatable bonds is 5. The molecule has 2 aromatic carbocycles. The van der Waals surface area contributed by atoms with E-state index in [-0.39, 0.29) is 0 Å². The SMILES string of the molecule is CCN(CC)C(=C1C2CC3CC(C2)CC1C3)c1ccc2c(OC)cccc2c1. The highest BCUT2D eigenvalue weighted by molar-refractivity contribution is 5.91. The Labute approximate surface area is 169 Å². The maximum absolute atomic E-state index is 5.59. The molecule has 4 aliphatic rings. The van der Waals surface area contributed by atoms with Crippen LogP contribution in [0.1, 0.15) is 51.5 Å². The molecule has 4 fully saturated rings. The van der Waals surface area contributed by atoms with Crippen LogP contribution in [0.4, 0.5) is 0 Å². The van der Waals surface area contributed by atoms with Crippen LogP contribution in [0.5, 0.6) is 5.75 Å². The molecule has 0 heterocycles. The molecule has 0 aliphatic heterocycles. The average Bonchev–Trinajstić information content (AvgIpc) is 2.71. The highest BCUT2D eigenvalue weighted by atomic mass is 16.5. The molecule has 2 heteroatoms. The highest BCUT2D eigenvalue weighted by Crippen LogP contribution is 2.58. The molecular weight excluding hydrogens is 342 g/mol. The predicted octanol–water partition coefficient (Wildman–Crippen LogP) is 6.36. The summed E-state index contributed by atoms with van der Waals surface area (Å²) in [5.41, 5.74) is 4.77. The van der Waals surface area contributed by atoms with Crippen molar-refractivity contribution in [2.45, 2.75) is 46.0 Å². The van der Waals surface area contributed by atoms with Crippen LogP contribution in [0.15, 0.2) is 42.0 Å². The Kier molecular flexibility index (Phi) is 4.61. The first-order valence-corrected chi connectivity index (χ1v) is 11.3. The smallest absolute Gasteiger partial charge is 0.126 e. The molecule has 0 N–H and O–H groups in total. The molecule has 148 valence electrons. The second-order valence-corrected chi connectivity index (χ2v) is 9.18. The van der Waals surface area contributed by atoms with Gasteiger partial charge >= 0.3 is 0 Å². The fourth-order valence-electron chi connectivity index (χ4n) is 6.73. The maximum atomic E-state index is 5.59. The molecule has 2 nitrogen and oxygen atoms in total. The minimum absolute atomic E-state index is 0.827. The third kappa shape index (κ3) is 2.84. The first-order chi connectivity index (χ1) is 13.7. The van der Waals surface area contributed by atoms with Crippen molar-refractivity contribution < 1.29 is 4.74 Å². The largest absolute Gasteiger partial charge is 0.496 e. The quantitative estimate of drug-likeness (QED) is 0.603. The van der Waals surface area contributed by atoms with Crippen molar-refractivity contribution in [1.82, 2.24) is 4.90 Å². The molecule has 0 spiro atoms. The van der Waals surface area contributed by atoms with Crippen molar-refractivity contribution in [2.75, 3.05) is 20.2 Å². The van der Waals surface area contributed by atoms with E-state index in [1.807, 2.05) is 0 Å². The molecule has 0 aromatic heterocycles. The average molecular weight is 376 g/mol. The predicted molar refractivity (Wildman–Crippen MR) is 117 cm³/mol. The van der Waals surface area contributed by atoms with Gasteiger partial charge in [-0.1, -0.05) is 18.2 Å². The zero-order valence-corrected chi connectivity index (χ0v) is 17.6. The first-order valence-electron chi connectivity index (χ1n) is 11.3. The van der Waals surface area contributed by atoms with Gasteiger partial charge < -0.3 is 9.64 Å². The van der Waals surface area contributed by atoms with E-state index in [2.05, 4.69) is 55.1 Å². The van der Waals surface area contributed by atoms with Crippen molar-refractivity contribution in [3.05, 3.63) is 47.5 Å². The fourth-order valence-corrected chi connectivity index (χ4v) is 6.73. The lowest BCUT2D eigenvalue weighted by Gasteiger charge is -2.53. The molecule has 6 rings (SSSR count). The monoisotopic (exact) mass is 375 g/mol. The first kappa shape index (κ1) is 18.1. The third-order valence-corrected chi connectivity index (χ3v) is 7.70. The van der Waals surface area contributed by atoms with E-state index in [0.717, 1.165) is 42.5 Å². The number of methoxy groups -OCH3 is 1. The standard InChI is InChI=1S/C26H33NO/c1-4-27(5-2)26(25-21-12-17-11-18(14-21)15-22(25)13-17)20-9-10-23-19(16-20)7-6-8-24(23)28-3/h6-10,16-18,21-22H,4-5,11-15H2,1-3H3. The van der Waals surface area contributed by atoms with E-state index < -0.39 is 0 Å². The normalized spacial score (nSPS) is 28.0. The van der Waals surface area contributed by atoms with Crippen molar-refractivity contribution in [2.24, 2.45) is 23.7 Å². The van der Waals surface area contributed by atoms with Crippen LogP contribution in [-0.2, 0) is 0 Å². The Morgan fingerprint density at radius 1 is 0.929 bits per heavy atom. The Morgan fingerprint density at radius 3 is 2.21 bits per heavy atom. The molecule has 28 heavy (non-hydrogen) atoms. The van der Waals surface area contributed by atoms with Gasteiger partial charge in [-0.2, -0.15) is 0 Å². The minimum Gasteiger partial charge on any atom is -0.496 e. The van der Waals surface area contributed by atoms with Gasteiger partial charge in [-0.3, -0.25) is 0 Å². The number of ether oxygens (including phenoxy) is 1. The number of allylic oxidation sites excluding steroid dienone is 1. The molecule has 0 amide bonds. The maximum Gasteiger partial charge on any atom is 0.126 e. The van der Waals surface area contributed by atoms with Gasteiger partial charge in [0.15, 0.2) is 0 Å². The van der Waals surface area contributed by atoms with Crippen molar-refractivity contribution in [1.29, 1.82) is 0 Å². The van der Waals surface area contributed by atoms with Crippen LogP contribution in [0.2, 0.25) is 0 Å². The Bertz CT molecular complexity index is 878. The van der Waals surface area contributed by atoms with Crippen LogP contribution in [0, 0.1) is 23.7 Å². The van der Waals surface area contributed by atoms with E-state index in [9.17, 15) is 0 Å². The van der Waals surface area contributed by atoms with Crippen molar-refractivity contribution >= 4 is 16.5 Å². The number of benzene rings is 2. The van der Waals surface area contributed by atoms with Gasteiger partial charge in [-0.25, -0.2) is 0 Å². The summed E-state index contributed by atoms with van der Waals surface area (Å²) in [7, 11) is 1.76. The van der Waals surface area contributed by atoms with E-state index in [0.29, 0.717) is 0 Å². The third-order valence-electron chi connectivity index (χ3n) is 7.70. The summed E-state index contributed by atoms with van der Waals surface area (Å²) in [5.74, 6) is 4.63. The van der Waals surface area contributed by atoms with Gasteiger partial charge in [0.2, 0.25) is 0 Å². The van der Waals surface area contributed by atoms with Gasteiger partial charge in [0.05, 0.1) is 7.11 Å². The number of nitrogens with zero attached hydrogens (tertiary/aromatic N) is 1. The summed E-state index contributed by atoms with van der Waals surface area (Å²) in [6.07, 6.45) is 7.27. The summed E-state index contributed by atoms with van der Waals surface area (Å²) < 4.78 is 5.59. The lowest BCUT2D eigenvalue weighted by molar-refractivity contribution is 0.0689. The molecule has 0 unspecified atom stereocenters. The van der Waals surface area contributed by atoms with Crippen LogP contribution in [-0.4, -0.2) is 25.1 Å². The van der Waals surface area contributed by atoms with Crippen molar-refractivity contribution in [3.8, 4) is 5.75 Å². The molecular formula is C26H33NO. The second-order valence-electron chi connectivity index (χ2n) is 9.18. The molecule has 0 radical (unpaired) electrons. The summed E-state index contributed by atoms with van der Waals surface area (Å²) in [4.78, 5) is 2.62. The van der Waals surface area contributed by atoms with Crippen LogP contribution in [0.3, 0.4) is 0 Å². The fraction of sp³-hybridized carbons (Fsp3) is 0.538. The minimum atomic E-state index is 0.827. The van der Waals surface area contributed by atoms with Crippen LogP contribution >= 0.6 is 0 Å². The molecule has 4 bridgehead atoms. The molecule has 0 saturated heterocycles. The van der Waals surface area contributed by atoms with E-state index >= 15 is 0 Å². The molecule has 4 aliphatic carbocycles. The highest BCUT2D eigenvalue weighted by Gasteiger charge is 2.46.